The van der Waals surface area contributed by atoms with Gasteiger partial charge in [-0.25, -0.2) is 0 Å². The average Bonchev–Trinajstić information content (AvgIpc) is 2.73. The van der Waals surface area contributed by atoms with Crippen molar-refractivity contribution in [1.29, 1.82) is 0 Å². The minimum absolute atomic E-state index is 0.157. The molecule has 28 heavy (non-hydrogen) atoms. The number of rotatable bonds is 2. The van der Waals surface area contributed by atoms with E-state index in [0.717, 1.165) is 48.3 Å². The molecule has 0 radical (unpaired) electrons. The second-order valence-corrected chi connectivity index (χ2v) is 7.28. The van der Waals surface area contributed by atoms with Crippen molar-refractivity contribution in [2.24, 2.45) is 0 Å². The summed E-state index contributed by atoms with van der Waals surface area (Å²) in [7, 11) is 0. The predicted octanol–water partition coefficient (Wildman–Crippen LogP) is 1.85. The van der Waals surface area contributed by atoms with Gasteiger partial charge in [-0.15, -0.1) is 0 Å². The van der Waals surface area contributed by atoms with Crippen molar-refractivity contribution in [3.8, 4) is 0 Å². The maximum Gasteiger partial charge on any atom is 0.229 e. The van der Waals surface area contributed by atoms with Crippen LogP contribution < -0.4 is 16.0 Å². The highest BCUT2D eigenvalue weighted by atomic mass is 16.5. The number of fused-ring (bicyclic) bond motifs is 1. The SMILES string of the molecule is Nc1nc(N2CCOCC2)nc2c1[C@@H](c1cccnc1)C1=C(CCCC1=O)N2. The van der Waals surface area contributed by atoms with Crippen LogP contribution >= 0.6 is 0 Å². The van der Waals surface area contributed by atoms with Crippen molar-refractivity contribution in [1.82, 2.24) is 15.0 Å². The van der Waals surface area contributed by atoms with Crippen molar-refractivity contribution in [3.05, 3.63) is 46.9 Å². The lowest BCUT2D eigenvalue weighted by Crippen LogP contribution is -2.38. The first-order valence-corrected chi connectivity index (χ1v) is 9.65. The first-order chi connectivity index (χ1) is 13.7. The van der Waals surface area contributed by atoms with Gasteiger partial charge in [0.1, 0.15) is 11.6 Å². The van der Waals surface area contributed by atoms with E-state index in [9.17, 15) is 4.79 Å². The van der Waals surface area contributed by atoms with Gasteiger partial charge < -0.3 is 20.7 Å². The number of carbonyl (C=O) groups excluding carboxylic acids is 1. The monoisotopic (exact) mass is 378 g/mol. The molecule has 3 N–H and O–H groups in total. The van der Waals surface area contributed by atoms with E-state index < -0.39 is 0 Å². The maximum atomic E-state index is 12.8. The molecule has 2 aromatic rings. The van der Waals surface area contributed by atoms with E-state index in [1.165, 1.54) is 0 Å². The Morgan fingerprint density at radius 1 is 1.21 bits per heavy atom. The summed E-state index contributed by atoms with van der Waals surface area (Å²) in [6.07, 6.45) is 5.75. The Morgan fingerprint density at radius 3 is 2.86 bits per heavy atom. The first kappa shape index (κ1) is 17.1. The van der Waals surface area contributed by atoms with Crippen molar-refractivity contribution in [2.45, 2.75) is 25.2 Å². The van der Waals surface area contributed by atoms with Crippen LogP contribution in [0.5, 0.6) is 0 Å². The summed E-state index contributed by atoms with van der Waals surface area (Å²) in [5.41, 5.74) is 9.86. The molecule has 1 saturated heterocycles. The van der Waals surface area contributed by atoms with Gasteiger partial charge in [-0.2, -0.15) is 9.97 Å². The van der Waals surface area contributed by atoms with Gasteiger partial charge in [0.15, 0.2) is 5.78 Å². The van der Waals surface area contributed by atoms with Crippen LogP contribution in [0.2, 0.25) is 0 Å². The van der Waals surface area contributed by atoms with Gasteiger partial charge in [-0.3, -0.25) is 9.78 Å². The Morgan fingerprint density at radius 2 is 2.07 bits per heavy atom. The summed E-state index contributed by atoms with van der Waals surface area (Å²) in [6, 6.07) is 3.86. The quantitative estimate of drug-likeness (QED) is 0.816. The van der Waals surface area contributed by atoms with Gasteiger partial charge in [0, 0.05) is 54.7 Å². The second-order valence-electron chi connectivity index (χ2n) is 7.28. The highest BCUT2D eigenvalue weighted by Gasteiger charge is 2.38. The molecule has 0 saturated carbocycles. The van der Waals surface area contributed by atoms with E-state index in [-0.39, 0.29) is 11.7 Å². The summed E-state index contributed by atoms with van der Waals surface area (Å²) in [5, 5.41) is 3.40. The lowest BCUT2D eigenvalue weighted by Gasteiger charge is -2.35. The Labute approximate surface area is 162 Å². The highest BCUT2D eigenvalue weighted by molar-refractivity contribution is 6.01. The molecule has 0 unspecified atom stereocenters. The first-order valence-electron chi connectivity index (χ1n) is 9.65. The third-order valence-corrected chi connectivity index (χ3v) is 5.58. The summed E-state index contributed by atoms with van der Waals surface area (Å²) < 4.78 is 5.43. The number of allylic oxidation sites excluding steroid dienone is 2. The number of nitrogens with zero attached hydrogens (tertiary/aromatic N) is 4. The number of aromatic nitrogens is 3. The van der Waals surface area contributed by atoms with Gasteiger partial charge >= 0.3 is 0 Å². The Hall–Kier alpha value is -3.00. The molecule has 1 atom stereocenters. The third-order valence-electron chi connectivity index (χ3n) is 5.58. The second kappa shape index (κ2) is 6.87. The van der Waals surface area contributed by atoms with Crippen LogP contribution in [0.1, 0.15) is 36.3 Å². The number of nitrogens with two attached hydrogens (primary N) is 1. The topological polar surface area (TPSA) is 106 Å². The van der Waals surface area contributed by atoms with Crippen molar-refractivity contribution < 1.29 is 9.53 Å². The Bertz CT molecular complexity index is 953. The lowest BCUT2D eigenvalue weighted by molar-refractivity contribution is -0.116. The highest BCUT2D eigenvalue weighted by Crippen LogP contribution is 2.46. The van der Waals surface area contributed by atoms with E-state index in [0.29, 0.717) is 37.2 Å². The molecular weight excluding hydrogens is 356 g/mol. The largest absolute Gasteiger partial charge is 0.383 e. The van der Waals surface area contributed by atoms with Gasteiger partial charge in [-0.05, 0) is 24.5 Å². The predicted molar refractivity (Wildman–Crippen MR) is 105 cm³/mol. The van der Waals surface area contributed by atoms with Gasteiger partial charge in [-0.1, -0.05) is 6.07 Å². The minimum atomic E-state index is -0.286. The van der Waals surface area contributed by atoms with E-state index in [1.807, 2.05) is 12.1 Å². The molecule has 2 aromatic heterocycles. The van der Waals surface area contributed by atoms with Crippen LogP contribution in [0.4, 0.5) is 17.6 Å². The van der Waals surface area contributed by atoms with Crippen LogP contribution in [0.15, 0.2) is 35.8 Å². The summed E-state index contributed by atoms with van der Waals surface area (Å²) >= 11 is 0. The fraction of sp³-hybridized carbons (Fsp3) is 0.400. The third kappa shape index (κ3) is 2.80. The molecule has 4 heterocycles. The number of ketones is 1. The molecule has 2 aliphatic heterocycles. The fourth-order valence-electron chi connectivity index (χ4n) is 4.25. The van der Waals surface area contributed by atoms with Crippen LogP contribution in [0.3, 0.4) is 0 Å². The smallest absolute Gasteiger partial charge is 0.229 e. The number of pyridine rings is 1. The number of anilines is 3. The number of morpholine rings is 1. The molecule has 0 aromatic carbocycles. The molecule has 3 aliphatic rings. The van der Waals surface area contributed by atoms with E-state index in [4.69, 9.17) is 15.5 Å². The standard InChI is InChI=1S/C20H22N6O2/c21-18-17-15(12-3-2-6-22-11-12)16-13(4-1-5-14(16)27)23-19(17)25-20(24-18)26-7-9-28-10-8-26/h2-3,6,11,15H,1,4-5,7-10H2,(H3,21,23,24,25)/t15-/m0/s1. The lowest BCUT2D eigenvalue weighted by atomic mass is 9.77. The zero-order valence-electron chi connectivity index (χ0n) is 15.5. The van der Waals surface area contributed by atoms with Crippen LogP contribution in [-0.2, 0) is 9.53 Å². The van der Waals surface area contributed by atoms with Crippen molar-refractivity contribution >= 4 is 23.4 Å². The van der Waals surface area contributed by atoms with E-state index in [1.54, 1.807) is 12.4 Å². The van der Waals surface area contributed by atoms with Crippen molar-refractivity contribution in [3.63, 3.8) is 0 Å². The summed E-state index contributed by atoms with van der Waals surface area (Å²) in [6.45, 7) is 2.76. The fourth-order valence-corrected chi connectivity index (χ4v) is 4.25. The molecule has 144 valence electrons. The molecular formula is C20H22N6O2. The van der Waals surface area contributed by atoms with Crippen molar-refractivity contribution in [2.75, 3.05) is 42.3 Å². The maximum absolute atomic E-state index is 12.8. The number of nitrogen functional groups attached to an aromatic ring is 1. The minimum Gasteiger partial charge on any atom is -0.383 e. The Balaban J connectivity index is 1.66. The zero-order valence-corrected chi connectivity index (χ0v) is 15.5. The molecule has 8 nitrogen and oxygen atoms in total. The number of hydrogen-bond donors (Lipinski definition) is 2. The van der Waals surface area contributed by atoms with Gasteiger partial charge in [0.2, 0.25) is 5.95 Å². The normalized spacial score (nSPS) is 21.8. The zero-order chi connectivity index (χ0) is 19.1. The number of carbonyl (C=O) groups is 1. The number of nitrogens with one attached hydrogen (secondary N) is 1. The molecule has 8 heteroatoms. The molecule has 1 fully saturated rings. The summed E-state index contributed by atoms with van der Waals surface area (Å²) in [5.74, 6) is 1.56. The van der Waals surface area contributed by atoms with Gasteiger partial charge in [0.05, 0.1) is 13.2 Å². The van der Waals surface area contributed by atoms with Crippen LogP contribution in [0.25, 0.3) is 0 Å². The average molecular weight is 378 g/mol. The van der Waals surface area contributed by atoms with Gasteiger partial charge in [0.25, 0.3) is 0 Å². The molecule has 0 bridgehead atoms. The molecule has 1 aliphatic carbocycles. The number of Topliss-reactive ketones (excluding diaryl/α,β-unsaturated/α-hetero) is 1. The van der Waals surface area contributed by atoms with Crippen LogP contribution in [-0.4, -0.2) is 47.0 Å². The van der Waals surface area contributed by atoms with Crippen LogP contribution in [0, 0.1) is 0 Å². The Kier molecular flexibility index (Phi) is 4.20. The number of ether oxygens (including phenoxy) is 1. The molecule has 0 amide bonds. The number of hydrogen-bond acceptors (Lipinski definition) is 8. The van der Waals surface area contributed by atoms with E-state index in [2.05, 4.69) is 20.2 Å². The molecule has 0 spiro atoms. The molecule has 5 rings (SSSR count). The summed E-state index contributed by atoms with van der Waals surface area (Å²) in [4.78, 5) is 28.5. The van der Waals surface area contributed by atoms with E-state index >= 15 is 0 Å².